The Morgan fingerprint density at radius 3 is 2.47 bits per heavy atom. The van der Waals surface area contributed by atoms with Crippen LogP contribution in [-0.4, -0.2) is 12.0 Å². The van der Waals surface area contributed by atoms with E-state index in [2.05, 4.69) is 46.8 Å². The normalized spacial score (nSPS) is 10.0. The summed E-state index contributed by atoms with van der Waals surface area (Å²) in [5, 5.41) is 6.37. The number of hydrogen-bond donors (Lipinski definition) is 2. The van der Waals surface area contributed by atoms with Crippen LogP contribution in [0.15, 0.2) is 42.6 Å². The molecule has 0 spiro atoms. The Balaban J connectivity index is 2.13. The van der Waals surface area contributed by atoms with Crippen LogP contribution in [-0.2, 0) is 6.42 Å². The van der Waals surface area contributed by atoms with E-state index in [0.29, 0.717) is 0 Å². The van der Waals surface area contributed by atoms with Crippen LogP contribution in [0.4, 0.5) is 17.2 Å². The summed E-state index contributed by atoms with van der Waals surface area (Å²) in [5.41, 5.74) is 3.48. The first kappa shape index (κ1) is 11.5. The van der Waals surface area contributed by atoms with Gasteiger partial charge in [-0.15, -0.1) is 0 Å². The van der Waals surface area contributed by atoms with Crippen molar-refractivity contribution in [1.82, 2.24) is 4.98 Å². The van der Waals surface area contributed by atoms with Crippen LogP contribution in [0.25, 0.3) is 0 Å². The smallest absolute Gasteiger partial charge is 0.127 e. The molecule has 1 heterocycles. The molecule has 0 aliphatic heterocycles. The van der Waals surface area contributed by atoms with Crippen molar-refractivity contribution < 1.29 is 0 Å². The largest absolute Gasteiger partial charge is 0.373 e. The van der Waals surface area contributed by atoms with Crippen LogP contribution in [0.2, 0.25) is 0 Å². The van der Waals surface area contributed by atoms with Gasteiger partial charge in [0.1, 0.15) is 5.82 Å². The highest BCUT2D eigenvalue weighted by atomic mass is 15.0. The Morgan fingerprint density at radius 2 is 1.82 bits per heavy atom. The van der Waals surface area contributed by atoms with E-state index in [1.807, 2.05) is 19.2 Å². The maximum atomic E-state index is 4.18. The van der Waals surface area contributed by atoms with Crippen LogP contribution in [0.5, 0.6) is 0 Å². The number of nitrogens with one attached hydrogen (secondary N) is 2. The predicted molar refractivity (Wildman–Crippen MR) is 72.9 cm³/mol. The Kier molecular flexibility index (Phi) is 3.60. The number of benzene rings is 1. The SMILES string of the molecule is CCc1ccc(Nc2ccnc(NC)c2)cc1. The minimum absolute atomic E-state index is 0.861. The van der Waals surface area contributed by atoms with Crippen molar-refractivity contribution in [1.29, 1.82) is 0 Å². The van der Waals surface area contributed by atoms with Gasteiger partial charge in [-0.25, -0.2) is 4.98 Å². The highest BCUT2D eigenvalue weighted by Crippen LogP contribution is 2.18. The number of pyridine rings is 1. The molecular formula is C14H17N3. The lowest BCUT2D eigenvalue weighted by Crippen LogP contribution is -1.95. The van der Waals surface area contributed by atoms with Gasteiger partial charge in [0.2, 0.25) is 0 Å². The highest BCUT2D eigenvalue weighted by Gasteiger charge is 1.97. The van der Waals surface area contributed by atoms with Crippen LogP contribution >= 0.6 is 0 Å². The summed E-state index contributed by atoms with van der Waals surface area (Å²) in [4.78, 5) is 4.18. The molecule has 3 nitrogen and oxygen atoms in total. The van der Waals surface area contributed by atoms with Gasteiger partial charge in [-0.05, 0) is 30.2 Å². The zero-order chi connectivity index (χ0) is 12.1. The molecule has 0 radical (unpaired) electrons. The maximum Gasteiger partial charge on any atom is 0.127 e. The summed E-state index contributed by atoms with van der Waals surface area (Å²) in [7, 11) is 1.86. The molecule has 2 N–H and O–H groups in total. The van der Waals surface area contributed by atoms with Gasteiger partial charge in [-0.1, -0.05) is 19.1 Å². The lowest BCUT2D eigenvalue weighted by Gasteiger charge is -2.08. The third-order valence-electron chi connectivity index (χ3n) is 2.67. The molecule has 0 atom stereocenters. The fourth-order valence-corrected chi connectivity index (χ4v) is 1.64. The van der Waals surface area contributed by atoms with Crippen LogP contribution in [0.3, 0.4) is 0 Å². The second-order valence-electron chi connectivity index (χ2n) is 3.86. The van der Waals surface area contributed by atoms with Gasteiger partial charge < -0.3 is 10.6 Å². The maximum absolute atomic E-state index is 4.18. The standard InChI is InChI=1S/C14H17N3/c1-3-11-4-6-12(7-5-11)17-13-8-9-16-14(10-13)15-2/h4-10H,3H2,1-2H3,(H2,15,16,17). The van der Waals surface area contributed by atoms with E-state index < -0.39 is 0 Å². The Labute approximate surface area is 102 Å². The first-order valence-electron chi connectivity index (χ1n) is 5.81. The lowest BCUT2D eigenvalue weighted by atomic mass is 10.1. The summed E-state index contributed by atoms with van der Waals surface area (Å²) in [5.74, 6) is 0.861. The Morgan fingerprint density at radius 1 is 1.06 bits per heavy atom. The average Bonchev–Trinajstić information content (AvgIpc) is 2.40. The lowest BCUT2D eigenvalue weighted by molar-refractivity contribution is 1.14. The van der Waals surface area contributed by atoms with E-state index >= 15 is 0 Å². The molecule has 17 heavy (non-hydrogen) atoms. The van der Waals surface area contributed by atoms with Crippen LogP contribution < -0.4 is 10.6 Å². The van der Waals surface area contributed by atoms with Crippen molar-refractivity contribution in [2.75, 3.05) is 17.7 Å². The number of hydrogen-bond acceptors (Lipinski definition) is 3. The van der Waals surface area contributed by atoms with Gasteiger partial charge >= 0.3 is 0 Å². The summed E-state index contributed by atoms with van der Waals surface area (Å²) >= 11 is 0. The van der Waals surface area contributed by atoms with Crippen molar-refractivity contribution in [3.8, 4) is 0 Å². The molecule has 0 aliphatic carbocycles. The molecule has 0 bridgehead atoms. The summed E-state index contributed by atoms with van der Waals surface area (Å²) in [6.07, 6.45) is 2.86. The summed E-state index contributed by atoms with van der Waals surface area (Å²) in [6, 6.07) is 12.4. The van der Waals surface area contributed by atoms with Crippen molar-refractivity contribution in [2.45, 2.75) is 13.3 Å². The molecule has 0 saturated heterocycles. The minimum atomic E-state index is 0.861. The van der Waals surface area contributed by atoms with Gasteiger partial charge in [0.05, 0.1) is 0 Å². The number of aryl methyl sites for hydroxylation is 1. The fraction of sp³-hybridized carbons (Fsp3) is 0.214. The third kappa shape index (κ3) is 2.97. The topological polar surface area (TPSA) is 37.0 Å². The van der Waals surface area contributed by atoms with Gasteiger partial charge in [0.25, 0.3) is 0 Å². The van der Waals surface area contributed by atoms with Gasteiger partial charge in [0, 0.05) is 30.7 Å². The van der Waals surface area contributed by atoms with Crippen LogP contribution in [0.1, 0.15) is 12.5 Å². The van der Waals surface area contributed by atoms with E-state index in [-0.39, 0.29) is 0 Å². The molecular weight excluding hydrogens is 210 g/mol. The molecule has 0 fully saturated rings. The molecule has 88 valence electrons. The number of rotatable bonds is 4. The quantitative estimate of drug-likeness (QED) is 0.840. The minimum Gasteiger partial charge on any atom is -0.373 e. The molecule has 0 saturated carbocycles. The first-order chi connectivity index (χ1) is 8.31. The van der Waals surface area contributed by atoms with Crippen LogP contribution in [0, 0.1) is 0 Å². The van der Waals surface area contributed by atoms with Gasteiger partial charge in [-0.2, -0.15) is 0 Å². The zero-order valence-corrected chi connectivity index (χ0v) is 10.2. The second-order valence-corrected chi connectivity index (χ2v) is 3.86. The molecule has 0 aliphatic rings. The van der Waals surface area contributed by atoms with Crippen molar-refractivity contribution in [3.63, 3.8) is 0 Å². The predicted octanol–water partition coefficient (Wildman–Crippen LogP) is 3.43. The van der Waals surface area contributed by atoms with E-state index in [4.69, 9.17) is 0 Å². The van der Waals surface area contributed by atoms with E-state index in [1.54, 1.807) is 6.20 Å². The Bertz CT molecular complexity index is 477. The average molecular weight is 227 g/mol. The molecule has 1 aromatic carbocycles. The zero-order valence-electron chi connectivity index (χ0n) is 10.2. The fourth-order valence-electron chi connectivity index (χ4n) is 1.64. The van der Waals surface area contributed by atoms with Crippen molar-refractivity contribution in [3.05, 3.63) is 48.2 Å². The molecule has 0 amide bonds. The molecule has 0 unspecified atom stereocenters. The Hall–Kier alpha value is -2.03. The highest BCUT2D eigenvalue weighted by molar-refractivity contribution is 5.62. The van der Waals surface area contributed by atoms with Crippen molar-refractivity contribution in [2.24, 2.45) is 0 Å². The molecule has 1 aromatic heterocycles. The number of nitrogens with zero attached hydrogens (tertiary/aromatic N) is 1. The molecule has 3 heteroatoms. The first-order valence-corrected chi connectivity index (χ1v) is 5.81. The van der Waals surface area contributed by atoms with E-state index in [9.17, 15) is 0 Å². The second kappa shape index (κ2) is 5.34. The summed E-state index contributed by atoms with van der Waals surface area (Å²) in [6.45, 7) is 2.16. The third-order valence-corrected chi connectivity index (χ3v) is 2.67. The number of aromatic nitrogens is 1. The monoisotopic (exact) mass is 227 g/mol. The summed E-state index contributed by atoms with van der Waals surface area (Å²) < 4.78 is 0. The van der Waals surface area contributed by atoms with Gasteiger partial charge in [-0.3, -0.25) is 0 Å². The number of anilines is 3. The van der Waals surface area contributed by atoms with E-state index in [1.165, 1.54) is 5.56 Å². The van der Waals surface area contributed by atoms with Gasteiger partial charge in [0.15, 0.2) is 0 Å². The molecule has 2 aromatic rings. The van der Waals surface area contributed by atoms with E-state index in [0.717, 1.165) is 23.6 Å². The van der Waals surface area contributed by atoms with Crippen molar-refractivity contribution >= 4 is 17.2 Å². The molecule has 2 rings (SSSR count).